The molecule has 0 unspecified atom stereocenters. The second kappa shape index (κ2) is 11.4. The Morgan fingerprint density at radius 3 is 2.59 bits per heavy atom. The Hall–Kier alpha value is -4.00. The number of benzene rings is 2. The fourth-order valence-electron chi connectivity index (χ4n) is 4.26. The fourth-order valence-corrected chi connectivity index (χ4v) is 5.46. The maximum Gasteiger partial charge on any atom is 0.238 e. The monoisotopic (exact) mass is 549 g/mol. The smallest absolute Gasteiger partial charge is 0.238 e. The Labute approximate surface area is 226 Å². The molecule has 4 aromatic rings. The number of para-hydroxylation sites is 1. The van der Waals surface area contributed by atoms with Crippen LogP contribution >= 0.6 is 0 Å². The van der Waals surface area contributed by atoms with Crippen molar-refractivity contribution in [3.8, 4) is 0 Å². The van der Waals surface area contributed by atoms with E-state index in [1.807, 2.05) is 24.3 Å². The fraction of sp³-hybridized carbons (Fsp3) is 0.296. The van der Waals surface area contributed by atoms with Crippen LogP contribution in [0.1, 0.15) is 13.8 Å². The number of H-pyrrole nitrogens is 1. The van der Waals surface area contributed by atoms with Gasteiger partial charge in [0.15, 0.2) is 15.7 Å². The minimum Gasteiger partial charge on any atom is -0.379 e. The van der Waals surface area contributed by atoms with Crippen LogP contribution in [0.15, 0.2) is 65.7 Å². The highest BCUT2D eigenvalue weighted by atomic mass is 32.2. The van der Waals surface area contributed by atoms with E-state index >= 15 is 0 Å². The minimum atomic E-state index is -3.53. The number of sulfone groups is 1. The van der Waals surface area contributed by atoms with Crippen LogP contribution in [-0.4, -0.2) is 72.3 Å². The quantitative estimate of drug-likeness (QED) is 0.245. The lowest BCUT2D eigenvalue weighted by molar-refractivity contribution is -0.118. The van der Waals surface area contributed by atoms with Gasteiger partial charge in [-0.2, -0.15) is 4.98 Å². The number of carbonyl (C=O) groups excluding carboxylic acids is 1. The number of fused-ring (bicyclic) bond motifs is 1. The number of morpholine rings is 1. The van der Waals surface area contributed by atoms with Gasteiger partial charge in [0.25, 0.3) is 0 Å². The molecule has 0 bridgehead atoms. The van der Waals surface area contributed by atoms with Crippen LogP contribution < -0.4 is 16.0 Å². The molecule has 0 saturated carbocycles. The molecule has 4 N–H and O–H groups in total. The lowest BCUT2D eigenvalue weighted by Gasteiger charge is -2.25. The Balaban J connectivity index is 1.37. The molecule has 1 saturated heterocycles. The summed E-state index contributed by atoms with van der Waals surface area (Å²) in [6.45, 7) is 6.35. The molecule has 1 aliphatic heterocycles. The number of rotatable bonds is 9. The van der Waals surface area contributed by atoms with Crippen molar-refractivity contribution in [3.05, 3.63) is 60.8 Å². The van der Waals surface area contributed by atoms with Gasteiger partial charge >= 0.3 is 0 Å². The van der Waals surface area contributed by atoms with E-state index in [-0.39, 0.29) is 10.8 Å². The lowest BCUT2D eigenvalue weighted by Crippen LogP contribution is -2.41. The van der Waals surface area contributed by atoms with Gasteiger partial charge in [-0.05, 0) is 50.2 Å². The molecule has 1 fully saturated rings. The number of nitrogens with zero attached hydrogens (tertiary/aromatic N) is 3. The van der Waals surface area contributed by atoms with Gasteiger partial charge < -0.3 is 25.7 Å². The lowest BCUT2D eigenvalue weighted by atomic mass is 10.2. The van der Waals surface area contributed by atoms with Gasteiger partial charge in [-0.25, -0.2) is 13.4 Å². The van der Waals surface area contributed by atoms with Crippen LogP contribution in [0.2, 0.25) is 0 Å². The molecule has 1 amide bonds. The Morgan fingerprint density at radius 2 is 1.79 bits per heavy atom. The largest absolute Gasteiger partial charge is 0.379 e. The van der Waals surface area contributed by atoms with Crippen molar-refractivity contribution in [1.29, 1.82) is 0 Å². The van der Waals surface area contributed by atoms with E-state index in [9.17, 15) is 13.2 Å². The van der Waals surface area contributed by atoms with Gasteiger partial charge in [0.05, 0.1) is 41.1 Å². The predicted octanol–water partition coefficient (Wildman–Crippen LogP) is 3.90. The van der Waals surface area contributed by atoms with Gasteiger partial charge in [0.2, 0.25) is 11.9 Å². The number of ether oxygens (including phenoxy) is 1. The zero-order valence-corrected chi connectivity index (χ0v) is 22.6. The molecule has 0 spiro atoms. The van der Waals surface area contributed by atoms with Gasteiger partial charge in [-0.1, -0.05) is 18.2 Å². The standard InChI is InChI=1S/C27H31N7O4S/c1-18(2)39(36,37)23-9-4-3-8-21(23)31-26-25-22(10-11-28-25)32-27(33-26)30-20-7-5-6-19(16-20)29-24(35)17-34-12-14-38-15-13-34/h3-11,16,18,28H,12-15,17H2,1-2H3,(H,29,35)(H2,30,31,32,33). The molecular weight excluding hydrogens is 518 g/mol. The number of carbonyl (C=O) groups is 1. The first kappa shape index (κ1) is 26.6. The summed E-state index contributed by atoms with van der Waals surface area (Å²) in [4.78, 5) is 27.1. The van der Waals surface area contributed by atoms with Crippen LogP contribution in [-0.2, 0) is 19.4 Å². The zero-order valence-electron chi connectivity index (χ0n) is 21.8. The van der Waals surface area contributed by atoms with Crippen molar-refractivity contribution in [2.45, 2.75) is 24.0 Å². The van der Waals surface area contributed by atoms with Gasteiger partial charge in [0, 0.05) is 30.7 Å². The van der Waals surface area contributed by atoms with E-state index < -0.39 is 15.1 Å². The number of amides is 1. The van der Waals surface area contributed by atoms with Crippen LogP contribution in [0.3, 0.4) is 0 Å². The first-order valence-corrected chi connectivity index (χ1v) is 14.3. The molecule has 0 radical (unpaired) electrons. The molecule has 1 aliphatic rings. The summed E-state index contributed by atoms with van der Waals surface area (Å²) < 4.78 is 31.2. The third kappa shape index (κ3) is 6.19. The Kier molecular flexibility index (Phi) is 7.77. The molecule has 12 heteroatoms. The zero-order chi connectivity index (χ0) is 27.4. The third-order valence-corrected chi connectivity index (χ3v) is 8.56. The molecule has 5 rings (SSSR count). The average Bonchev–Trinajstić information content (AvgIpc) is 3.39. The van der Waals surface area contributed by atoms with Crippen LogP contribution in [0, 0.1) is 0 Å². The predicted molar refractivity (Wildman–Crippen MR) is 152 cm³/mol. The third-order valence-electron chi connectivity index (χ3n) is 6.35. The molecule has 0 aliphatic carbocycles. The van der Waals surface area contributed by atoms with Crippen LogP contribution in [0.25, 0.3) is 11.0 Å². The highest BCUT2D eigenvalue weighted by Crippen LogP contribution is 2.30. The van der Waals surface area contributed by atoms with Crippen LogP contribution in [0.4, 0.5) is 28.8 Å². The molecule has 11 nitrogen and oxygen atoms in total. The average molecular weight is 550 g/mol. The second-order valence-corrected chi connectivity index (χ2v) is 12.0. The van der Waals surface area contributed by atoms with E-state index in [2.05, 4.69) is 35.8 Å². The molecule has 0 atom stereocenters. The van der Waals surface area contributed by atoms with Crippen molar-refractivity contribution in [2.24, 2.45) is 0 Å². The molecule has 2 aromatic carbocycles. The second-order valence-electron chi connectivity index (χ2n) is 9.49. The summed E-state index contributed by atoms with van der Waals surface area (Å²) in [7, 11) is -3.53. The van der Waals surface area contributed by atoms with Crippen molar-refractivity contribution >= 4 is 55.6 Å². The van der Waals surface area contributed by atoms with E-state index in [1.54, 1.807) is 50.4 Å². The summed E-state index contributed by atoms with van der Waals surface area (Å²) in [6.07, 6.45) is 1.75. The van der Waals surface area contributed by atoms with Gasteiger partial charge in [-0.3, -0.25) is 9.69 Å². The number of nitrogens with one attached hydrogen (secondary N) is 4. The van der Waals surface area contributed by atoms with E-state index in [4.69, 9.17) is 4.74 Å². The number of aromatic amines is 1. The van der Waals surface area contributed by atoms with E-state index in [1.165, 1.54) is 0 Å². The highest BCUT2D eigenvalue weighted by Gasteiger charge is 2.23. The number of hydrogen-bond acceptors (Lipinski definition) is 9. The topological polar surface area (TPSA) is 141 Å². The molecule has 2 aromatic heterocycles. The van der Waals surface area contributed by atoms with Crippen molar-refractivity contribution in [2.75, 3.05) is 48.8 Å². The Morgan fingerprint density at radius 1 is 1.03 bits per heavy atom. The van der Waals surface area contributed by atoms with E-state index in [0.717, 1.165) is 13.1 Å². The summed E-state index contributed by atoms with van der Waals surface area (Å²) in [5.74, 6) is 0.639. The maximum atomic E-state index is 13.0. The summed E-state index contributed by atoms with van der Waals surface area (Å²) >= 11 is 0. The van der Waals surface area contributed by atoms with Crippen molar-refractivity contribution in [3.63, 3.8) is 0 Å². The van der Waals surface area contributed by atoms with Crippen LogP contribution in [0.5, 0.6) is 0 Å². The minimum absolute atomic E-state index is 0.0967. The SMILES string of the molecule is CC(C)S(=O)(=O)c1ccccc1Nc1nc(Nc2cccc(NC(=O)CN3CCOCC3)c2)nc2cc[nH]c12. The molecule has 3 heterocycles. The van der Waals surface area contributed by atoms with Gasteiger partial charge in [-0.15, -0.1) is 0 Å². The van der Waals surface area contributed by atoms with Gasteiger partial charge in [0.1, 0.15) is 5.52 Å². The number of hydrogen-bond donors (Lipinski definition) is 4. The molecule has 39 heavy (non-hydrogen) atoms. The summed E-state index contributed by atoms with van der Waals surface area (Å²) in [5.41, 5.74) is 3.04. The van der Waals surface area contributed by atoms with Crippen molar-refractivity contribution in [1.82, 2.24) is 19.9 Å². The molecular formula is C27H31N7O4S. The number of anilines is 5. The molecule has 204 valence electrons. The Bertz CT molecular complexity index is 1580. The maximum absolute atomic E-state index is 13.0. The van der Waals surface area contributed by atoms with E-state index in [0.29, 0.717) is 59.6 Å². The number of aromatic nitrogens is 3. The normalized spacial score (nSPS) is 14.4. The van der Waals surface area contributed by atoms with Crippen molar-refractivity contribution < 1.29 is 17.9 Å². The summed E-state index contributed by atoms with van der Waals surface area (Å²) in [6, 6.07) is 15.9. The first-order valence-electron chi connectivity index (χ1n) is 12.7. The highest BCUT2D eigenvalue weighted by molar-refractivity contribution is 7.92. The summed E-state index contributed by atoms with van der Waals surface area (Å²) in [5, 5.41) is 8.75. The first-order chi connectivity index (χ1) is 18.8.